The van der Waals surface area contributed by atoms with Gasteiger partial charge in [0.05, 0.1) is 6.20 Å². The van der Waals surface area contributed by atoms with Crippen molar-refractivity contribution in [3.05, 3.63) is 48.7 Å². The van der Waals surface area contributed by atoms with Gasteiger partial charge < -0.3 is 9.84 Å². The minimum absolute atomic E-state index is 0.0485. The summed E-state index contributed by atoms with van der Waals surface area (Å²) in [7, 11) is 0. The molecule has 8 nitrogen and oxygen atoms in total. The van der Waals surface area contributed by atoms with E-state index in [0.717, 1.165) is 11.1 Å². The lowest BCUT2D eigenvalue weighted by Crippen LogP contribution is -1.99. The van der Waals surface area contributed by atoms with Gasteiger partial charge >= 0.3 is 5.97 Å². The first kappa shape index (κ1) is 12.7. The molecule has 8 heteroatoms. The molecule has 3 heterocycles. The van der Waals surface area contributed by atoms with Gasteiger partial charge in [-0.05, 0) is 12.1 Å². The lowest BCUT2D eigenvalue weighted by atomic mass is 10.1. The third-order valence-electron chi connectivity index (χ3n) is 2.65. The number of pyridine rings is 2. The van der Waals surface area contributed by atoms with Crippen molar-refractivity contribution in [2.75, 3.05) is 0 Å². The van der Waals surface area contributed by atoms with Gasteiger partial charge in [0, 0.05) is 29.7 Å². The van der Waals surface area contributed by atoms with E-state index >= 15 is 0 Å². The Hall–Kier alpha value is -3.29. The van der Waals surface area contributed by atoms with Crippen molar-refractivity contribution in [1.29, 1.82) is 0 Å². The molecular weight excluding hydrogens is 274 g/mol. The molecule has 3 rings (SSSR count). The fourth-order valence-corrected chi connectivity index (χ4v) is 1.71. The van der Waals surface area contributed by atoms with Crippen LogP contribution in [-0.4, -0.2) is 36.5 Å². The Morgan fingerprint density at radius 2 is 2.05 bits per heavy atom. The molecule has 0 aromatic carbocycles. The Bertz CT molecular complexity index is 772. The van der Waals surface area contributed by atoms with Gasteiger partial charge in [-0.3, -0.25) is 9.97 Å². The van der Waals surface area contributed by atoms with Crippen LogP contribution in [0.15, 0.2) is 43.0 Å². The highest BCUT2D eigenvalue weighted by atomic mass is 16.5. The highest BCUT2D eigenvalue weighted by molar-refractivity contribution is 5.87. The van der Waals surface area contributed by atoms with E-state index in [0.29, 0.717) is 5.75 Å². The number of H-pyrrole nitrogens is 1. The first-order valence-corrected chi connectivity index (χ1v) is 5.91. The molecule has 0 atom stereocenters. The molecule has 3 aromatic heterocycles. The molecule has 0 aliphatic carbocycles. The van der Waals surface area contributed by atoms with Crippen LogP contribution in [0.5, 0.6) is 11.6 Å². The number of aromatic carboxylic acids is 1. The van der Waals surface area contributed by atoms with Crippen LogP contribution in [0.1, 0.15) is 10.5 Å². The largest absolute Gasteiger partial charge is 0.476 e. The van der Waals surface area contributed by atoms with Crippen molar-refractivity contribution in [1.82, 2.24) is 25.4 Å². The highest BCUT2D eigenvalue weighted by Gasteiger charge is 2.17. The molecule has 0 fully saturated rings. The number of nitrogens with zero attached hydrogens (tertiary/aromatic N) is 4. The molecule has 104 valence electrons. The smallest absolute Gasteiger partial charge is 0.362 e. The molecule has 0 aliphatic rings. The molecule has 3 aromatic rings. The molecule has 2 N–H and O–H groups in total. The summed E-state index contributed by atoms with van der Waals surface area (Å²) >= 11 is 0. The monoisotopic (exact) mass is 283 g/mol. The number of hydrogen-bond donors (Lipinski definition) is 2. The van der Waals surface area contributed by atoms with Gasteiger partial charge in [-0.2, -0.15) is 0 Å². The minimum Gasteiger partial charge on any atom is -0.476 e. The predicted octanol–water partition coefficient (Wildman–Crippen LogP) is 1.75. The average molecular weight is 283 g/mol. The molecule has 0 unspecified atom stereocenters. The van der Waals surface area contributed by atoms with Gasteiger partial charge in [0.2, 0.25) is 5.69 Å². The van der Waals surface area contributed by atoms with E-state index < -0.39 is 5.97 Å². The van der Waals surface area contributed by atoms with Crippen molar-refractivity contribution in [2.24, 2.45) is 0 Å². The zero-order valence-electron chi connectivity index (χ0n) is 10.6. The first-order valence-electron chi connectivity index (χ1n) is 5.91. The second-order valence-corrected chi connectivity index (χ2v) is 4.05. The number of carbonyl (C=O) groups is 1. The van der Waals surface area contributed by atoms with Gasteiger partial charge in [0.1, 0.15) is 5.75 Å². The maximum absolute atomic E-state index is 10.9. The number of aromatic nitrogens is 5. The van der Waals surface area contributed by atoms with Crippen LogP contribution in [0.3, 0.4) is 0 Å². The zero-order chi connectivity index (χ0) is 14.7. The van der Waals surface area contributed by atoms with Crippen molar-refractivity contribution >= 4 is 5.97 Å². The van der Waals surface area contributed by atoms with Crippen molar-refractivity contribution < 1.29 is 14.6 Å². The SMILES string of the molecule is O=C(O)c1nn[nH]c1Oc1cncc(-c2cccnc2)c1. The molecule has 0 saturated heterocycles. The standard InChI is InChI=1S/C13H9N5O3/c19-13(20)11-12(17-18-16-11)21-10-4-9(6-15-7-10)8-2-1-3-14-5-8/h1-7H,(H,19,20)(H,16,17,18). The number of rotatable bonds is 4. The minimum atomic E-state index is -1.23. The van der Waals surface area contributed by atoms with Gasteiger partial charge in [-0.25, -0.2) is 9.89 Å². The molecule has 0 saturated carbocycles. The quantitative estimate of drug-likeness (QED) is 0.749. The summed E-state index contributed by atoms with van der Waals surface area (Å²) < 4.78 is 5.43. The Labute approximate surface area is 118 Å². The first-order chi connectivity index (χ1) is 10.2. The predicted molar refractivity (Wildman–Crippen MR) is 70.9 cm³/mol. The van der Waals surface area contributed by atoms with E-state index in [9.17, 15) is 4.79 Å². The Morgan fingerprint density at radius 1 is 1.19 bits per heavy atom. The molecule has 0 radical (unpaired) electrons. The summed E-state index contributed by atoms with van der Waals surface area (Å²) in [6, 6.07) is 5.41. The van der Waals surface area contributed by atoms with Crippen molar-refractivity contribution in [3.8, 4) is 22.8 Å². The van der Waals surface area contributed by atoms with Crippen LogP contribution in [-0.2, 0) is 0 Å². The summed E-state index contributed by atoms with van der Waals surface area (Å²) in [5.74, 6) is -0.910. The molecule has 0 amide bonds. The zero-order valence-corrected chi connectivity index (χ0v) is 10.6. The second kappa shape index (κ2) is 5.37. The summed E-state index contributed by atoms with van der Waals surface area (Å²) in [5, 5.41) is 18.2. The fourth-order valence-electron chi connectivity index (χ4n) is 1.71. The van der Waals surface area contributed by atoms with E-state index in [1.807, 2.05) is 12.1 Å². The van der Waals surface area contributed by atoms with E-state index in [1.165, 1.54) is 6.20 Å². The van der Waals surface area contributed by atoms with E-state index in [1.54, 1.807) is 24.7 Å². The molecule has 0 spiro atoms. The third-order valence-corrected chi connectivity index (χ3v) is 2.65. The highest BCUT2D eigenvalue weighted by Crippen LogP contribution is 2.25. The Kier molecular flexibility index (Phi) is 3.26. The van der Waals surface area contributed by atoms with Gasteiger partial charge in [0.15, 0.2) is 0 Å². The van der Waals surface area contributed by atoms with E-state index in [4.69, 9.17) is 9.84 Å². The van der Waals surface area contributed by atoms with Crippen LogP contribution in [0.2, 0.25) is 0 Å². The summed E-state index contributed by atoms with van der Waals surface area (Å²) in [5.41, 5.74) is 1.38. The van der Waals surface area contributed by atoms with E-state index in [-0.39, 0.29) is 11.6 Å². The Balaban J connectivity index is 1.90. The van der Waals surface area contributed by atoms with Crippen LogP contribution in [0.25, 0.3) is 11.1 Å². The van der Waals surface area contributed by atoms with Crippen LogP contribution in [0.4, 0.5) is 0 Å². The fraction of sp³-hybridized carbons (Fsp3) is 0. The van der Waals surface area contributed by atoms with Gasteiger partial charge in [0.25, 0.3) is 5.88 Å². The number of carboxylic acids is 1. The Morgan fingerprint density at radius 3 is 2.81 bits per heavy atom. The number of hydrogen-bond acceptors (Lipinski definition) is 6. The molecule has 21 heavy (non-hydrogen) atoms. The summed E-state index contributed by atoms with van der Waals surface area (Å²) in [6.45, 7) is 0. The maximum atomic E-state index is 10.9. The van der Waals surface area contributed by atoms with Gasteiger partial charge in [-0.1, -0.05) is 11.3 Å². The number of ether oxygens (including phenoxy) is 1. The second-order valence-electron chi connectivity index (χ2n) is 4.05. The molecular formula is C13H9N5O3. The lowest BCUT2D eigenvalue weighted by molar-refractivity contribution is 0.0687. The normalized spacial score (nSPS) is 10.3. The lowest BCUT2D eigenvalue weighted by Gasteiger charge is -2.05. The van der Waals surface area contributed by atoms with Crippen LogP contribution >= 0.6 is 0 Å². The van der Waals surface area contributed by atoms with Crippen LogP contribution in [0, 0.1) is 0 Å². The number of carboxylic acid groups (broad SMARTS) is 1. The topological polar surface area (TPSA) is 114 Å². The van der Waals surface area contributed by atoms with Crippen molar-refractivity contribution in [3.63, 3.8) is 0 Å². The third kappa shape index (κ3) is 2.68. The van der Waals surface area contributed by atoms with Crippen molar-refractivity contribution in [2.45, 2.75) is 0 Å². The summed E-state index contributed by atoms with van der Waals surface area (Å²) in [6.07, 6.45) is 6.49. The number of nitrogens with one attached hydrogen (secondary N) is 1. The number of aromatic amines is 1. The average Bonchev–Trinajstić information content (AvgIpc) is 2.97. The molecule has 0 aliphatic heterocycles. The molecule has 0 bridgehead atoms. The maximum Gasteiger partial charge on any atom is 0.362 e. The summed E-state index contributed by atoms with van der Waals surface area (Å²) in [4.78, 5) is 19.0. The van der Waals surface area contributed by atoms with Gasteiger partial charge in [-0.15, -0.1) is 5.10 Å². The van der Waals surface area contributed by atoms with E-state index in [2.05, 4.69) is 25.4 Å². The van der Waals surface area contributed by atoms with Crippen LogP contribution < -0.4 is 4.74 Å².